The highest BCUT2D eigenvalue weighted by Crippen LogP contribution is 2.44. The Morgan fingerprint density at radius 1 is 1.12 bits per heavy atom. The number of carbonyl (C=O) groups is 1. The van der Waals surface area contributed by atoms with Crippen LogP contribution in [0.1, 0.15) is 46.1 Å². The molecule has 0 radical (unpaired) electrons. The normalized spacial score (nSPS) is 25.1. The van der Waals surface area contributed by atoms with Gasteiger partial charge in [-0.3, -0.25) is 0 Å². The number of benzene rings is 1. The Bertz CT molecular complexity index is 697. The number of piperidine rings is 1. The van der Waals surface area contributed by atoms with Gasteiger partial charge in [0.1, 0.15) is 0 Å². The largest absolute Gasteiger partial charge is 0.717 e. The summed E-state index contributed by atoms with van der Waals surface area (Å²) in [7, 11) is -0.947. The fourth-order valence-corrected chi connectivity index (χ4v) is 4.02. The van der Waals surface area contributed by atoms with E-state index in [2.05, 4.69) is 29.6 Å². The highest BCUT2D eigenvalue weighted by atomic mass is 16.8. The molecule has 0 atom stereocenters. The van der Waals surface area contributed by atoms with Gasteiger partial charge in [-0.15, -0.1) is 0 Å². The third kappa shape index (κ3) is 2.78. The van der Waals surface area contributed by atoms with Gasteiger partial charge in [0.25, 0.3) is 0 Å². The van der Waals surface area contributed by atoms with Crippen LogP contribution in [-0.2, 0) is 19.4 Å². The number of nitrogens with one attached hydrogen (secondary N) is 1. The van der Waals surface area contributed by atoms with E-state index in [1.54, 1.807) is 4.90 Å². The SMILES string of the molecule is CC1(C)OB(OC(=O)N2CCC3(CC2)CNc2ccccc23)OC1(C)C. The van der Waals surface area contributed by atoms with Gasteiger partial charge in [0.05, 0.1) is 11.2 Å². The molecule has 0 saturated carbocycles. The molecule has 1 amide bonds. The number of hydrogen-bond acceptors (Lipinski definition) is 5. The average molecular weight is 358 g/mol. The average Bonchev–Trinajstić information content (AvgIpc) is 3.03. The molecule has 0 aliphatic carbocycles. The molecule has 0 unspecified atom stereocenters. The molecule has 0 aromatic heterocycles. The fraction of sp³-hybridized carbons (Fsp3) is 0.632. The monoisotopic (exact) mass is 358 g/mol. The van der Waals surface area contributed by atoms with Crippen molar-refractivity contribution in [1.82, 2.24) is 4.90 Å². The first kappa shape index (κ1) is 17.7. The Morgan fingerprint density at radius 3 is 2.38 bits per heavy atom. The summed E-state index contributed by atoms with van der Waals surface area (Å²) in [5.41, 5.74) is 1.70. The Morgan fingerprint density at radius 2 is 1.73 bits per heavy atom. The maximum absolute atomic E-state index is 12.6. The summed E-state index contributed by atoms with van der Waals surface area (Å²) in [5.74, 6) is 0. The van der Waals surface area contributed by atoms with Crippen LogP contribution in [0.5, 0.6) is 0 Å². The lowest BCUT2D eigenvalue weighted by Crippen LogP contribution is -2.47. The van der Waals surface area contributed by atoms with Gasteiger partial charge in [-0.25, -0.2) is 4.79 Å². The van der Waals surface area contributed by atoms with Crippen molar-refractivity contribution in [1.29, 1.82) is 0 Å². The minimum absolute atomic E-state index is 0.123. The van der Waals surface area contributed by atoms with E-state index in [9.17, 15) is 4.79 Å². The highest BCUT2D eigenvalue weighted by Gasteiger charge is 2.55. The summed E-state index contributed by atoms with van der Waals surface area (Å²) in [6, 6.07) is 8.48. The van der Waals surface area contributed by atoms with Gasteiger partial charge in [-0.2, -0.15) is 0 Å². The highest BCUT2D eigenvalue weighted by molar-refractivity contribution is 6.40. The van der Waals surface area contributed by atoms with E-state index in [4.69, 9.17) is 14.0 Å². The second kappa shape index (κ2) is 5.89. The molecule has 1 spiro atoms. The summed E-state index contributed by atoms with van der Waals surface area (Å²) >= 11 is 0. The van der Waals surface area contributed by atoms with Crippen LogP contribution in [0, 0.1) is 0 Å². The number of likely N-dealkylation sites (tertiary alicyclic amines) is 1. The first-order valence-corrected chi connectivity index (χ1v) is 9.37. The second-order valence-corrected chi connectivity index (χ2v) is 8.60. The van der Waals surface area contributed by atoms with Gasteiger partial charge in [-0.05, 0) is 52.2 Å². The number of fused-ring (bicyclic) bond motifs is 2. The zero-order valence-corrected chi connectivity index (χ0v) is 16.0. The lowest BCUT2D eigenvalue weighted by molar-refractivity contribution is 0.00578. The lowest BCUT2D eigenvalue weighted by Gasteiger charge is -2.39. The quantitative estimate of drug-likeness (QED) is 0.782. The molecule has 3 aliphatic rings. The van der Waals surface area contributed by atoms with E-state index in [0.29, 0.717) is 13.1 Å². The van der Waals surface area contributed by atoms with Crippen LogP contribution in [0.3, 0.4) is 0 Å². The molecule has 26 heavy (non-hydrogen) atoms. The van der Waals surface area contributed by atoms with Crippen LogP contribution in [0.15, 0.2) is 24.3 Å². The minimum Gasteiger partial charge on any atom is -0.468 e. The lowest BCUT2D eigenvalue weighted by atomic mass is 9.74. The van der Waals surface area contributed by atoms with Crippen LogP contribution in [0.2, 0.25) is 0 Å². The van der Waals surface area contributed by atoms with Gasteiger partial charge in [0, 0.05) is 30.7 Å². The Labute approximate surface area is 155 Å². The van der Waals surface area contributed by atoms with Gasteiger partial charge in [0.15, 0.2) is 0 Å². The first-order chi connectivity index (χ1) is 12.2. The van der Waals surface area contributed by atoms with Crippen molar-refractivity contribution in [3.05, 3.63) is 29.8 Å². The molecule has 140 valence electrons. The topological polar surface area (TPSA) is 60.0 Å². The van der Waals surface area contributed by atoms with Gasteiger partial charge < -0.3 is 24.2 Å². The Hall–Kier alpha value is -1.73. The van der Waals surface area contributed by atoms with Crippen LogP contribution in [0.4, 0.5) is 10.5 Å². The summed E-state index contributed by atoms with van der Waals surface area (Å²) in [4.78, 5) is 14.3. The van der Waals surface area contributed by atoms with E-state index in [-0.39, 0.29) is 11.5 Å². The molecule has 3 heterocycles. The van der Waals surface area contributed by atoms with E-state index in [1.807, 2.05) is 27.7 Å². The molecular formula is C19H27BN2O4. The zero-order valence-electron chi connectivity index (χ0n) is 16.0. The minimum atomic E-state index is -0.947. The van der Waals surface area contributed by atoms with E-state index in [1.165, 1.54) is 11.3 Å². The molecule has 0 bridgehead atoms. The maximum atomic E-state index is 12.6. The molecule has 6 nitrogen and oxygen atoms in total. The number of rotatable bonds is 1. The number of carbonyl (C=O) groups excluding carboxylic acids is 1. The van der Waals surface area contributed by atoms with Crippen molar-refractivity contribution < 1.29 is 18.8 Å². The van der Waals surface area contributed by atoms with Crippen molar-refractivity contribution in [3.63, 3.8) is 0 Å². The molecule has 3 aliphatic heterocycles. The molecule has 4 rings (SSSR count). The number of amides is 1. The van der Waals surface area contributed by atoms with Crippen LogP contribution in [0.25, 0.3) is 0 Å². The third-order valence-electron chi connectivity index (χ3n) is 6.52. The smallest absolute Gasteiger partial charge is 0.468 e. The van der Waals surface area contributed by atoms with Gasteiger partial charge in [0.2, 0.25) is 0 Å². The molecular weight excluding hydrogens is 331 g/mol. The number of para-hydroxylation sites is 1. The van der Waals surface area contributed by atoms with Crippen molar-refractivity contribution >= 4 is 19.1 Å². The predicted octanol–water partition coefficient (Wildman–Crippen LogP) is 3.17. The van der Waals surface area contributed by atoms with Crippen molar-refractivity contribution in [2.45, 2.75) is 57.2 Å². The number of nitrogens with zero attached hydrogens (tertiary/aromatic N) is 1. The maximum Gasteiger partial charge on any atom is 0.717 e. The van der Waals surface area contributed by atoms with Gasteiger partial charge >= 0.3 is 13.4 Å². The van der Waals surface area contributed by atoms with Crippen molar-refractivity contribution in [3.8, 4) is 0 Å². The fourth-order valence-electron chi connectivity index (χ4n) is 4.02. The molecule has 1 N–H and O–H groups in total. The number of hydrogen-bond donors (Lipinski definition) is 1. The van der Waals surface area contributed by atoms with Gasteiger partial charge in [-0.1, -0.05) is 18.2 Å². The molecule has 2 saturated heterocycles. The summed E-state index contributed by atoms with van der Waals surface area (Å²) in [6.45, 7) is 10.0. The Kier molecular flexibility index (Phi) is 4.01. The first-order valence-electron chi connectivity index (χ1n) is 9.37. The third-order valence-corrected chi connectivity index (χ3v) is 6.52. The molecule has 1 aromatic carbocycles. The summed E-state index contributed by atoms with van der Waals surface area (Å²) < 4.78 is 17.0. The van der Waals surface area contributed by atoms with Crippen LogP contribution in [-0.4, -0.2) is 49.2 Å². The predicted molar refractivity (Wildman–Crippen MR) is 100.0 cm³/mol. The zero-order chi connectivity index (χ0) is 18.6. The number of anilines is 1. The molecule has 1 aromatic rings. The van der Waals surface area contributed by atoms with Crippen LogP contribution >= 0.6 is 0 Å². The van der Waals surface area contributed by atoms with Crippen molar-refractivity contribution in [2.24, 2.45) is 0 Å². The second-order valence-electron chi connectivity index (χ2n) is 8.60. The summed E-state index contributed by atoms with van der Waals surface area (Å²) in [5, 5.41) is 3.51. The molecule has 7 heteroatoms. The van der Waals surface area contributed by atoms with Crippen molar-refractivity contribution in [2.75, 3.05) is 25.0 Å². The standard InChI is InChI=1S/C19H27BN2O4/c1-17(2)18(3,4)26-20(25-17)24-16(23)22-11-9-19(10-12-22)13-21-15-8-6-5-7-14(15)19/h5-8,21H,9-13H2,1-4H3. The van der Waals surface area contributed by atoms with E-state index < -0.39 is 18.5 Å². The molecule has 2 fully saturated rings. The van der Waals surface area contributed by atoms with E-state index >= 15 is 0 Å². The summed E-state index contributed by atoms with van der Waals surface area (Å²) in [6.07, 6.45) is 1.49. The van der Waals surface area contributed by atoms with E-state index in [0.717, 1.165) is 19.4 Å². The van der Waals surface area contributed by atoms with Crippen LogP contribution < -0.4 is 5.32 Å². The Balaban J connectivity index is 1.37.